The molecule has 1 aliphatic rings. The number of carbonyl (C=O) groups is 1. The van der Waals surface area contributed by atoms with Crippen molar-refractivity contribution in [3.05, 3.63) is 34.6 Å². The van der Waals surface area contributed by atoms with E-state index in [0.717, 1.165) is 24.4 Å². The van der Waals surface area contributed by atoms with E-state index in [0.29, 0.717) is 18.2 Å². The van der Waals surface area contributed by atoms with Gasteiger partial charge in [0.2, 0.25) is 5.76 Å². The average Bonchev–Trinajstić information content (AvgIpc) is 3.11. The summed E-state index contributed by atoms with van der Waals surface area (Å²) in [6.45, 7) is 1.49. The molecule has 1 amide bonds. The van der Waals surface area contributed by atoms with Crippen LogP contribution in [0.2, 0.25) is 0 Å². The first-order valence-electron chi connectivity index (χ1n) is 5.94. The topological polar surface area (TPSA) is 59.2 Å². The second kappa shape index (κ2) is 4.89. The lowest BCUT2D eigenvalue weighted by Crippen LogP contribution is -2.38. The predicted molar refractivity (Wildman–Crippen MR) is 66.5 cm³/mol. The van der Waals surface area contributed by atoms with Gasteiger partial charge in [0, 0.05) is 36.7 Å². The third kappa shape index (κ3) is 2.15. The Morgan fingerprint density at radius 2 is 2.44 bits per heavy atom. The van der Waals surface area contributed by atoms with Gasteiger partial charge in [0.1, 0.15) is 0 Å². The Morgan fingerprint density at radius 3 is 3.17 bits per heavy atom. The van der Waals surface area contributed by atoms with Crippen molar-refractivity contribution >= 4 is 17.2 Å². The SMILES string of the molecule is O=C(c1ccno1)N1CCCC(c2nccs2)C1. The third-order valence-electron chi connectivity index (χ3n) is 3.16. The van der Waals surface area contributed by atoms with Crippen LogP contribution in [0.1, 0.15) is 34.3 Å². The van der Waals surface area contributed by atoms with Crippen LogP contribution < -0.4 is 0 Å². The molecule has 1 fully saturated rings. The Hall–Kier alpha value is -1.69. The molecule has 6 heteroatoms. The molecule has 3 rings (SSSR count). The average molecular weight is 263 g/mol. The molecule has 1 atom stereocenters. The molecule has 0 aliphatic carbocycles. The fourth-order valence-corrected chi connectivity index (χ4v) is 3.05. The van der Waals surface area contributed by atoms with Gasteiger partial charge in [-0.2, -0.15) is 0 Å². The van der Waals surface area contributed by atoms with E-state index in [1.54, 1.807) is 17.4 Å². The summed E-state index contributed by atoms with van der Waals surface area (Å²) in [4.78, 5) is 18.3. The van der Waals surface area contributed by atoms with Crippen LogP contribution >= 0.6 is 11.3 Å². The molecule has 0 N–H and O–H groups in total. The van der Waals surface area contributed by atoms with Crippen molar-refractivity contribution < 1.29 is 9.32 Å². The van der Waals surface area contributed by atoms with Gasteiger partial charge < -0.3 is 9.42 Å². The highest BCUT2D eigenvalue weighted by Gasteiger charge is 2.28. The minimum absolute atomic E-state index is 0.0752. The van der Waals surface area contributed by atoms with Crippen molar-refractivity contribution in [3.8, 4) is 0 Å². The molecule has 0 bridgehead atoms. The maximum atomic E-state index is 12.2. The Bertz CT molecular complexity index is 509. The molecule has 94 valence electrons. The predicted octanol–water partition coefficient (Wildman–Crippen LogP) is 2.15. The molecule has 0 aromatic carbocycles. The van der Waals surface area contributed by atoms with Gasteiger partial charge in [0.15, 0.2) is 0 Å². The Morgan fingerprint density at radius 1 is 1.50 bits per heavy atom. The van der Waals surface area contributed by atoms with Gasteiger partial charge in [-0.25, -0.2) is 4.98 Å². The van der Waals surface area contributed by atoms with Crippen LogP contribution in [-0.2, 0) is 0 Å². The van der Waals surface area contributed by atoms with E-state index < -0.39 is 0 Å². The normalized spacial score (nSPS) is 20.0. The Kier molecular flexibility index (Phi) is 3.10. The van der Waals surface area contributed by atoms with E-state index >= 15 is 0 Å². The molecule has 0 saturated carbocycles. The number of hydrogen-bond acceptors (Lipinski definition) is 5. The van der Waals surface area contributed by atoms with Crippen molar-refractivity contribution in [2.24, 2.45) is 0 Å². The van der Waals surface area contributed by atoms with Gasteiger partial charge in [-0.15, -0.1) is 11.3 Å². The largest absolute Gasteiger partial charge is 0.351 e. The van der Waals surface area contributed by atoms with Crippen molar-refractivity contribution in [3.63, 3.8) is 0 Å². The first kappa shape index (κ1) is 11.4. The molecule has 1 aliphatic heterocycles. The number of likely N-dealkylation sites (tertiary alicyclic amines) is 1. The van der Waals surface area contributed by atoms with Crippen molar-refractivity contribution in [2.45, 2.75) is 18.8 Å². The van der Waals surface area contributed by atoms with Gasteiger partial charge in [0.05, 0.1) is 11.2 Å². The second-order valence-electron chi connectivity index (χ2n) is 4.34. The number of thiazole rings is 1. The molecule has 2 aromatic heterocycles. The first-order chi connectivity index (χ1) is 8.84. The number of nitrogens with zero attached hydrogens (tertiary/aromatic N) is 3. The summed E-state index contributed by atoms with van der Waals surface area (Å²) < 4.78 is 4.92. The number of piperidine rings is 1. The highest BCUT2D eigenvalue weighted by atomic mass is 32.1. The van der Waals surface area contributed by atoms with Crippen LogP contribution in [0.4, 0.5) is 0 Å². The molecule has 1 unspecified atom stereocenters. The van der Waals surface area contributed by atoms with Crippen LogP contribution in [0.5, 0.6) is 0 Å². The minimum atomic E-state index is -0.0752. The van der Waals surface area contributed by atoms with Gasteiger partial charge in [-0.05, 0) is 12.8 Å². The highest BCUT2D eigenvalue weighted by Crippen LogP contribution is 2.28. The maximum absolute atomic E-state index is 12.2. The molecular weight excluding hydrogens is 250 g/mol. The lowest BCUT2D eigenvalue weighted by molar-refractivity contribution is 0.0665. The van der Waals surface area contributed by atoms with Gasteiger partial charge >= 0.3 is 0 Å². The number of amides is 1. The van der Waals surface area contributed by atoms with E-state index in [9.17, 15) is 4.79 Å². The monoisotopic (exact) mass is 263 g/mol. The van der Waals surface area contributed by atoms with Crippen LogP contribution in [0.25, 0.3) is 0 Å². The Labute approximate surface area is 108 Å². The maximum Gasteiger partial charge on any atom is 0.292 e. The summed E-state index contributed by atoms with van der Waals surface area (Å²) in [6, 6.07) is 1.61. The first-order valence-corrected chi connectivity index (χ1v) is 6.82. The van der Waals surface area contributed by atoms with Crippen LogP contribution in [0, 0.1) is 0 Å². The van der Waals surface area contributed by atoms with Crippen molar-refractivity contribution in [1.82, 2.24) is 15.0 Å². The third-order valence-corrected chi connectivity index (χ3v) is 4.10. The standard InChI is InChI=1S/C12H13N3O2S/c16-12(10-3-4-14-17-10)15-6-1-2-9(8-15)11-13-5-7-18-11/h3-5,7,9H,1-2,6,8H2. The summed E-state index contributed by atoms with van der Waals surface area (Å²) in [5.41, 5.74) is 0. The van der Waals surface area contributed by atoms with Crippen LogP contribution in [0.15, 0.2) is 28.4 Å². The van der Waals surface area contributed by atoms with Gasteiger partial charge in [-0.1, -0.05) is 5.16 Å². The zero-order valence-corrected chi connectivity index (χ0v) is 10.6. The van der Waals surface area contributed by atoms with Gasteiger partial charge in [-0.3, -0.25) is 4.79 Å². The molecule has 1 saturated heterocycles. The summed E-state index contributed by atoms with van der Waals surface area (Å²) >= 11 is 1.66. The van der Waals surface area contributed by atoms with E-state index in [1.807, 2.05) is 16.5 Å². The molecule has 18 heavy (non-hydrogen) atoms. The van der Waals surface area contributed by atoms with Crippen LogP contribution in [0.3, 0.4) is 0 Å². The van der Waals surface area contributed by atoms with Crippen molar-refractivity contribution in [1.29, 1.82) is 0 Å². The molecule has 0 radical (unpaired) electrons. The number of carbonyl (C=O) groups excluding carboxylic acids is 1. The lowest BCUT2D eigenvalue weighted by atomic mass is 9.98. The number of hydrogen-bond donors (Lipinski definition) is 0. The van der Waals surface area contributed by atoms with Crippen molar-refractivity contribution in [2.75, 3.05) is 13.1 Å². The van der Waals surface area contributed by atoms with Gasteiger partial charge in [0.25, 0.3) is 5.91 Å². The van der Waals surface area contributed by atoms with E-state index in [-0.39, 0.29) is 5.91 Å². The molecule has 3 heterocycles. The summed E-state index contributed by atoms with van der Waals surface area (Å²) in [5.74, 6) is 0.592. The van der Waals surface area contributed by atoms with E-state index in [4.69, 9.17) is 4.52 Å². The summed E-state index contributed by atoms with van der Waals surface area (Å²) in [7, 11) is 0. The molecule has 5 nitrogen and oxygen atoms in total. The van der Waals surface area contributed by atoms with E-state index in [2.05, 4.69) is 10.1 Å². The molecule has 2 aromatic rings. The number of rotatable bonds is 2. The second-order valence-corrected chi connectivity index (χ2v) is 5.26. The summed E-state index contributed by atoms with van der Waals surface area (Å²) in [5, 5.41) is 6.67. The fraction of sp³-hybridized carbons (Fsp3) is 0.417. The number of aromatic nitrogens is 2. The summed E-state index contributed by atoms with van der Waals surface area (Å²) in [6.07, 6.45) is 5.41. The fourth-order valence-electron chi connectivity index (χ4n) is 2.28. The zero-order valence-electron chi connectivity index (χ0n) is 9.78. The molecular formula is C12H13N3O2S. The smallest absolute Gasteiger partial charge is 0.292 e. The van der Waals surface area contributed by atoms with E-state index in [1.165, 1.54) is 6.20 Å². The molecule has 0 spiro atoms. The Balaban J connectivity index is 1.73. The quantitative estimate of drug-likeness (QED) is 0.833. The minimum Gasteiger partial charge on any atom is -0.351 e. The van der Waals surface area contributed by atoms with Crippen LogP contribution in [-0.4, -0.2) is 34.0 Å². The zero-order chi connectivity index (χ0) is 12.4. The lowest BCUT2D eigenvalue weighted by Gasteiger charge is -2.31. The highest BCUT2D eigenvalue weighted by molar-refractivity contribution is 7.09.